The van der Waals surface area contributed by atoms with Crippen molar-refractivity contribution in [3.05, 3.63) is 68.2 Å². The van der Waals surface area contributed by atoms with Crippen molar-refractivity contribution in [2.24, 2.45) is 0 Å². The van der Waals surface area contributed by atoms with Gasteiger partial charge in [-0.2, -0.15) is 0 Å². The smallest absolute Gasteiger partial charge is 0.269 e. The fourth-order valence-electron chi connectivity index (χ4n) is 1.86. The van der Waals surface area contributed by atoms with E-state index < -0.39 is 4.92 Å². The molecular weight excluding hydrogens is 358 g/mol. The van der Waals surface area contributed by atoms with Gasteiger partial charge in [0.05, 0.1) is 17.4 Å². The molecular formula is C15H13BrClNO3. The Balaban J connectivity index is 1.93. The van der Waals surface area contributed by atoms with Crippen LogP contribution in [-0.4, -0.2) is 11.5 Å². The summed E-state index contributed by atoms with van der Waals surface area (Å²) in [4.78, 5) is 10.2. The van der Waals surface area contributed by atoms with E-state index in [1.165, 1.54) is 12.1 Å². The third-order valence-corrected chi connectivity index (χ3v) is 3.74. The van der Waals surface area contributed by atoms with Crippen molar-refractivity contribution < 1.29 is 9.66 Å². The molecule has 0 aliphatic carbocycles. The molecule has 0 saturated heterocycles. The highest BCUT2D eigenvalue weighted by molar-refractivity contribution is 9.10. The number of nitro benzene ring substituents is 1. The molecule has 0 amide bonds. The van der Waals surface area contributed by atoms with Crippen LogP contribution in [0.4, 0.5) is 5.69 Å². The van der Waals surface area contributed by atoms with Crippen molar-refractivity contribution in [3.8, 4) is 5.75 Å². The summed E-state index contributed by atoms with van der Waals surface area (Å²) in [6, 6.07) is 12.2. The molecule has 0 fully saturated rings. The zero-order valence-corrected chi connectivity index (χ0v) is 13.4. The first-order valence-electron chi connectivity index (χ1n) is 6.30. The lowest BCUT2D eigenvalue weighted by Gasteiger charge is -2.10. The second kappa shape index (κ2) is 7.43. The van der Waals surface area contributed by atoms with E-state index in [2.05, 4.69) is 15.9 Å². The zero-order valence-electron chi connectivity index (χ0n) is 11.1. The number of rotatable bonds is 6. The van der Waals surface area contributed by atoms with Crippen molar-refractivity contribution in [2.45, 2.75) is 12.3 Å². The SMILES string of the molecule is O=[N+]([O-])c1ccc(CCOc2ccc(Br)cc2CCl)cc1. The predicted molar refractivity (Wildman–Crippen MR) is 86.0 cm³/mol. The first-order chi connectivity index (χ1) is 10.1. The molecule has 0 radical (unpaired) electrons. The topological polar surface area (TPSA) is 52.4 Å². The minimum absolute atomic E-state index is 0.0944. The summed E-state index contributed by atoms with van der Waals surface area (Å²) in [5.74, 6) is 1.14. The van der Waals surface area contributed by atoms with Gasteiger partial charge in [0.15, 0.2) is 0 Å². The number of alkyl halides is 1. The van der Waals surface area contributed by atoms with Crippen LogP contribution in [-0.2, 0) is 12.3 Å². The highest BCUT2D eigenvalue weighted by atomic mass is 79.9. The summed E-state index contributed by atoms with van der Waals surface area (Å²) in [7, 11) is 0. The molecule has 2 aromatic rings. The minimum Gasteiger partial charge on any atom is -0.493 e. The lowest BCUT2D eigenvalue weighted by molar-refractivity contribution is -0.384. The fourth-order valence-corrected chi connectivity index (χ4v) is 2.47. The van der Waals surface area contributed by atoms with Crippen LogP contribution in [0.2, 0.25) is 0 Å². The minimum atomic E-state index is -0.408. The number of halogens is 2. The maximum Gasteiger partial charge on any atom is 0.269 e. The second-order valence-corrected chi connectivity index (χ2v) is 5.59. The second-order valence-electron chi connectivity index (χ2n) is 4.41. The van der Waals surface area contributed by atoms with E-state index in [0.717, 1.165) is 21.3 Å². The molecule has 0 aliphatic rings. The molecule has 21 heavy (non-hydrogen) atoms. The molecule has 2 aromatic carbocycles. The Morgan fingerprint density at radius 3 is 2.52 bits per heavy atom. The van der Waals surface area contributed by atoms with Gasteiger partial charge in [0.1, 0.15) is 5.75 Å². The maximum absolute atomic E-state index is 10.6. The molecule has 0 spiro atoms. The normalized spacial score (nSPS) is 10.4. The van der Waals surface area contributed by atoms with E-state index in [4.69, 9.17) is 16.3 Å². The van der Waals surface area contributed by atoms with Crippen molar-refractivity contribution >= 4 is 33.2 Å². The molecule has 0 heterocycles. The third kappa shape index (κ3) is 4.44. The summed E-state index contributed by atoms with van der Waals surface area (Å²) < 4.78 is 6.68. The van der Waals surface area contributed by atoms with Crippen LogP contribution in [0.3, 0.4) is 0 Å². The van der Waals surface area contributed by atoms with Crippen molar-refractivity contribution in [1.29, 1.82) is 0 Å². The lowest BCUT2D eigenvalue weighted by atomic mass is 10.1. The van der Waals surface area contributed by atoms with E-state index in [1.54, 1.807) is 12.1 Å². The molecule has 4 nitrogen and oxygen atoms in total. The standard InChI is InChI=1S/C15H13BrClNO3/c16-13-3-6-15(12(9-13)10-17)21-8-7-11-1-4-14(5-2-11)18(19)20/h1-6,9H,7-8,10H2. The van der Waals surface area contributed by atoms with Gasteiger partial charge in [-0.3, -0.25) is 10.1 Å². The van der Waals surface area contributed by atoms with E-state index in [0.29, 0.717) is 18.9 Å². The fraction of sp³-hybridized carbons (Fsp3) is 0.200. The van der Waals surface area contributed by atoms with Gasteiger partial charge in [-0.25, -0.2) is 0 Å². The summed E-state index contributed by atoms with van der Waals surface area (Å²) >= 11 is 9.27. The Morgan fingerprint density at radius 1 is 1.19 bits per heavy atom. The van der Waals surface area contributed by atoms with Crippen molar-refractivity contribution in [3.63, 3.8) is 0 Å². The van der Waals surface area contributed by atoms with Gasteiger partial charge in [-0.15, -0.1) is 11.6 Å². The number of nitrogens with zero attached hydrogens (tertiary/aromatic N) is 1. The largest absolute Gasteiger partial charge is 0.493 e. The monoisotopic (exact) mass is 369 g/mol. The number of nitro groups is 1. The predicted octanol–water partition coefficient (Wildman–Crippen LogP) is 4.72. The quantitative estimate of drug-likeness (QED) is 0.420. The van der Waals surface area contributed by atoms with Crippen molar-refractivity contribution in [1.82, 2.24) is 0 Å². The Morgan fingerprint density at radius 2 is 1.90 bits per heavy atom. The molecule has 0 N–H and O–H groups in total. The molecule has 2 rings (SSSR count). The first-order valence-corrected chi connectivity index (χ1v) is 7.63. The van der Waals surface area contributed by atoms with Crippen LogP contribution < -0.4 is 4.74 Å². The van der Waals surface area contributed by atoms with Gasteiger partial charge in [0, 0.05) is 28.6 Å². The molecule has 0 bridgehead atoms. The number of hydrogen-bond acceptors (Lipinski definition) is 3. The van der Waals surface area contributed by atoms with Gasteiger partial charge in [-0.05, 0) is 23.8 Å². The average Bonchev–Trinajstić information content (AvgIpc) is 2.49. The van der Waals surface area contributed by atoms with Crippen molar-refractivity contribution in [2.75, 3.05) is 6.61 Å². The van der Waals surface area contributed by atoms with Gasteiger partial charge >= 0.3 is 0 Å². The Kier molecular flexibility index (Phi) is 5.59. The maximum atomic E-state index is 10.6. The third-order valence-electron chi connectivity index (χ3n) is 2.96. The molecule has 0 unspecified atom stereocenters. The van der Waals surface area contributed by atoms with Gasteiger partial charge in [-0.1, -0.05) is 28.1 Å². The first kappa shape index (κ1) is 15.8. The number of benzene rings is 2. The number of non-ortho nitro benzene ring substituents is 1. The van der Waals surface area contributed by atoms with Crippen LogP contribution >= 0.6 is 27.5 Å². The molecule has 110 valence electrons. The highest BCUT2D eigenvalue weighted by Crippen LogP contribution is 2.25. The molecule has 0 saturated carbocycles. The summed E-state index contributed by atoms with van der Waals surface area (Å²) in [6.45, 7) is 0.489. The number of hydrogen-bond donors (Lipinski definition) is 0. The molecule has 6 heteroatoms. The van der Waals surface area contributed by atoms with Gasteiger partial charge in [0.2, 0.25) is 0 Å². The number of ether oxygens (including phenoxy) is 1. The van der Waals surface area contributed by atoms with Crippen LogP contribution in [0.1, 0.15) is 11.1 Å². The Hall–Kier alpha value is -1.59. The Labute approximate surface area is 136 Å². The lowest BCUT2D eigenvalue weighted by Crippen LogP contribution is -2.03. The van der Waals surface area contributed by atoms with Gasteiger partial charge in [0.25, 0.3) is 5.69 Å². The van der Waals surface area contributed by atoms with E-state index in [9.17, 15) is 10.1 Å². The van der Waals surface area contributed by atoms with Crippen LogP contribution in [0.5, 0.6) is 5.75 Å². The van der Waals surface area contributed by atoms with Crippen LogP contribution in [0, 0.1) is 10.1 Å². The Bertz CT molecular complexity index is 631. The summed E-state index contributed by atoms with van der Waals surface area (Å²) in [6.07, 6.45) is 0.676. The van der Waals surface area contributed by atoms with E-state index >= 15 is 0 Å². The van der Waals surface area contributed by atoms with Crippen LogP contribution in [0.15, 0.2) is 46.9 Å². The van der Waals surface area contributed by atoms with Gasteiger partial charge < -0.3 is 4.74 Å². The van der Waals surface area contributed by atoms with Crippen LogP contribution in [0.25, 0.3) is 0 Å². The average molecular weight is 371 g/mol. The van der Waals surface area contributed by atoms with E-state index in [1.807, 2.05) is 18.2 Å². The molecule has 0 aromatic heterocycles. The highest BCUT2D eigenvalue weighted by Gasteiger charge is 2.06. The molecule has 0 aliphatic heterocycles. The summed E-state index contributed by atoms with van der Waals surface area (Å²) in [5, 5.41) is 10.6. The van der Waals surface area contributed by atoms with E-state index in [-0.39, 0.29) is 5.69 Å². The summed E-state index contributed by atoms with van der Waals surface area (Å²) in [5.41, 5.74) is 2.01. The zero-order chi connectivity index (χ0) is 15.2. The molecule has 0 atom stereocenters.